The number of nitrogens with zero attached hydrogens (tertiary/aromatic N) is 1. The van der Waals surface area contributed by atoms with Crippen molar-refractivity contribution in [3.63, 3.8) is 0 Å². The Morgan fingerprint density at radius 3 is 2.87 bits per heavy atom. The molecule has 2 nitrogen and oxygen atoms in total. The van der Waals surface area contributed by atoms with Crippen molar-refractivity contribution < 1.29 is 4.74 Å². The Hall–Kier alpha value is -0.980. The Bertz CT molecular complexity index is 373. The molecule has 0 saturated heterocycles. The predicted octanol–water partition coefficient (Wildman–Crippen LogP) is 2.85. The summed E-state index contributed by atoms with van der Waals surface area (Å²) in [6.45, 7) is 2.65. The zero-order valence-corrected chi connectivity index (χ0v) is 9.46. The Balaban J connectivity index is 2.03. The molecule has 3 heteroatoms. The number of rotatable bonds is 4. The molecule has 1 aliphatic carbocycles. The van der Waals surface area contributed by atoms with E-state index in [1.165, 1.54) is 0 Å². The van der Waals surface area contributed by atoms with Crippen LogP contribution in [-0.2, 0) is 4.74 Å². The Labute approximate surface area is 94.2 Å². The first kappa shape index (κ1) is 10.5. The summed E-state index contributed by atoms with van der Waals surface area (Å²) in [4.78, 5) is 1.14. The van der Waals surface area contributed by atoms with Gasteiger partial charge >= 0.3 is 0 Å². The molecular formula is C12H13NOS. The van der Waals surface area contributed by atoms with Gasteiger partial charge in [0.05, 0.1) is 12.2 Å². The van der Waals surface area contributed by atoms with Crippen molar-refractivity contribution >= 4 is 11.8 Å². The second-order valence-electron chi connectivity index (χ2n) is 3.56. The predicted molar refractivity (Wildman–Crippen MR) is 60.7 cm³/mol. The maximum absolute atomic E-state index is 9.16. The normalized spacial score (nSPS) is 28.4. The first-order chi connectivity index (χ1) is 7.30. The van der Waals surface area contributed by atoms with E-state index in [4.69, 9.17) is 10.00 Å². The first-order valence-corrected chi connectivity index (χ1v) is 5.89. The average molecular weight is 219 g/mol. The van der Waals surface area contributed by atoms with Gasteiger partial charge in [0.25, 0.3) is 0 Å². The molecule has 0 N–H and O–H groups in total. The van der Waals surface area contributed by atoms with Gasteiger partial charge < -0.3 is 4.74 Å². The summed E-state index contributed by atoms with van der Waals surface area (Å²) in [5.41, 5.74) is 0. The van der Waals surface area contributed by atoms with Crippen LogP contribution in [0.25, 0.3) is 0 Å². The molecule has 1 aromatic carbocycles. The summed E-state index contributed by atoms with van der Waals surface area (Å²) in [5.74, 6) is 0. The molecule has 2 atom stereocenters. The van der Waals surface area contributed by atoms with Crippen LogP contribution in [0.4, 0.5) is 0 Å². The van der Waals surface area contributed by atoms with Gasteiger partial charge in [0.2, 0.25) is 0 Å². The third-order valence-electron chi connectivity index (χ3n) is 2.45. The van der Waals surface area contributed by atoms with Crippen LogP contribution >= 0.6 is 11.8 Å². The van der Waals surface area contributed by atoms with Crippen LogP contribution in [0.5, 0.6) is 0 Å². The van der Waals surface area contributed by atoms with Crippen LogP contribution in [0.15, 0.2) is 35.2 Å². The minimum atomic E-state index is -0.336. The van der Waals surface area contributed by atoms with E-state index in [1.54, 1.807) is 11.8 Å². The van der Waals surface area contributed by atoms with Gasteiger partial charge in [-0.3, -0.25) is 0 Å². The van der Waals surface area contributed by atoms with E-state index in [-0.39, 0.29) is 10.9 Å². The molecule has 0 spiro atoms. The molecule has 78 valence electrons. The van der Waals surface area contributed by atoms with E-state index in [2.05, 4.69) is 6.07 Å². The van der Waals surface area contributed by atoms with Crippen LogP contribution in [0.2, 0.25) is 0 Å². The molecule has 0 bridgehead atoms. The van der Waals surface area contributed by atoms with Crippen molar-refractivity contribution in [2.75, 3.05) is 6.61 Å². The second-order valence-corrected chi connectivity index (χ2v) is 4.97. The monoisotopic (exact) mass is 219 g/mol. The molecule has 0 amide bonds. The quantitative estimate of drug-likeness (QED) is 0.780. The van der Waals surface area contributed by atoms with E-state index in [9.17, 15) is 0 Å². The highest BCUT2D eigenvalue weighted by Crippen LogP contribution is 2.53. The molecular weight excluding hydrogens is 206 g/mol. The fourth-order valence-corrected chi connectivity index (χ4v) is 2.75. The number of hydrogen-bond donors (Lipinski definition) is 0. The van der Waals surface area contributed by atoms with Gasteiger partial charge in [-0.2, -0.15) is 5.26 Å². The molecule has 0 heterocycles. The maximum Gasteiger partial charge on any atom is 0.136 e. The highest BCUT2D eigenvalue weighted by Gasteiger charge is 2.57. The summed E-state index contributed by atoms with van der Waals surface area (Å²) < 4.78 is 5.15. The van der Waals surface area contributed by atoms with Crippen molar-refractivity contribution in [3.05, 3.63) is 30.3 Å². The van der Waals surface area contributed by atoms with E-state index in [0.29, 0.717) is 6.61 Å². The van der Waals surface area contributed by atoms with Gasteiger partial charge in [-0.1, -0.05) is 18.2 Å². The first-order valence-electron chi connectivity index (χ1n) is 5.07. The third-order valence-corrected chi connectivity index (χ3v) is 3.84. The molecule has 1 fully saturated rings. The number of hydrogen-bond acceptors (Lipinski definition) is 3. The summed E-state index contributed by atoms with van der Waals surface area (Å²) >= 11 is 1.62. The lowest BCUT2D eigenvalue weighted by Crippen LogP contribution is -2.09. The lowest BCUT2D eigenvalue weighted by atomic mass is 10.4. The average Bonchev–Trinajstić information content (AvgIpc) is 2.94. The summed E-state index contributed by atoms with van der Waals surface area (Å²) in [5, 5.41) is 9.16. The van der Waals surface area contributed by atoms with Gasteiger partial charge in [0.1, 0.15) is 4.75 Å². The fraction of sp³-hybridized carbons (Fsp3) is 0.417. The van der Waals surface area contributed by atoms with E-state index in [0.717, 1.165) is 11.3 Å². The van der Waals surface area contributed by atoms with Gasteiger partial charge in [0, 0.05) is 17.9 Å². The number of nitriles is 1. The zero-order valence-electron chi connectivity index (χ0n) is 8.64. The molecule has 2 rings (SSSR count). The molecule has 0 aliphatic heterocycles. The van der Waals surface area contributed by atoms with Crippen LogP contribution in [0.3, 0.4) is 0 Å². The number of benzene rings is 1. The smallest absolute Gasteiger partial charge is 0.136 e. The van der Waals surface area contributed by atoms with Crippen LogP contribution < -0.4 is 0 Å². The summed E-state index contributed by atoms with van der Waals surface area (Å²) in [6.07, 6.45) is 0.953. The van der Waals surface area contributed by atoms with Gasteiger partial charge in [0.15, 0.2) is 0 Å². The van der Waals surface area contributed by atoms with Crippen molar-refractivity contribution in [1.29, 1.82) is 5.26 Å². The fourth-order valence-electron chi connectivity index (χ4n) is 1.56. The SMILES string of the molecule is CCO[C@H]1C[C@@]1(C#N)Sc1ccccc1. The van der Waals surface area contributed by atoms with Gasteiger partial charge in [-0.05, 0) is 19.1 Å². The third kappa shape index (κ3) is 2.17. The zero-order chi connectivity index (χ0) is 10.7. The Morgan fingerprint density at radius 2 is 2.27 bits per heavy atom. The number of ether oxygens (including phenoxy) is 1. The molecule has 0 aromatic heterocycles. The number of thioether (sulfide) groups is 1. The molecule has 1 aliphatic rings. The van der Waals surface area contributed by atoms with Crippen LogP contribution in [0.1, 0.15) is 13.3 Å². The molecule has 0 radical (unpaired) electrons. The minimum Gasteiger partial charge on any atom is -0.376 e. The Morgan fingerprint density at radius 1 is 1.53 bits per heavy atom. The minimum absolute atomic E-state index is 0.109. The summed E-state index contributed by atoms with van der Waals surface area (Å²) in [6, 6.07) is 12.4. The summed E-state index contributed by atoms with van der Waals surface area (Å²) in [7, 11) is 0. The maximum atomic E-state index is 9.16. The largest absolute Gasteiger partial charge is 0.376 e. The topological polar surface area (TPSA) is 33.0 Å². The van der Waals surface area contributed by atoms with Crippen molar-refractivity contribution in [3.8, 4) is 6.07 Å². The Kier molecular flexibility index (Phi) is 2.99. The van der Waals surface area contributed by atoms with Crippen molar-refractivity contribution in [2.45, 2.75) is 29.1 Å². The van der Waals surface area contributed by atoms with E-state index in [1.807, 2.05) is 37.3 Å². The van der Waals surface area contributed by atoms with Crippen LogP contribution in [0, 0.1) is 11.3 Å². The molecule has 15 heavy (non-hydrogen) atoms. The lowest BCUT2D eigenvalue weighted by Gasteiger charge is -2.07. The molecule has 1 aromatic rings. The van der Waals surface area contributed by atoms with Gasteiger partial charge in [-0.15, -0.1) is 11.8 Å². The van der Waals surface area contributed by atoms with E-state index >= 15 is 0 Å². The standard InChI is InChI=1S/C12H13NOS/c1-2-14-11-8-12(11,9-13)15-10-6-4-3-5-7-10/h3-7,11H,2,8H2,1H3/t11-,12-/m0/s1. The van der Waals surface area contributed by atoms with Crippen molar-refractivity contribution in [2.24, 2.45) is 0 Å². The van der Waals surface area contributed by atoms with Gasteiger partial charge in [-0.25, -0.2) is 0 Å². The van der Waals surface area contributed by atoms with E-state index < -0.39 is 0 Å². The molecule has 0 unspecified atom stereocenters. The highest BCUT2D eigenvalue weighted by atomic mass is 32.2. The molecule has 1 saturated carbocycles. The lowest BCUT2D eigenvalue weighted by molar-refractivity contribution is 0.129. The second kappa shape index (κ2) is 4.26. The highest BCUT2D eigenvalue weighted by molar-refractivity contribution is 8.01. The van der Waals surface area contributed by atoms with Crippen LogP contribution in [-0.4, -0.2) is 17.5 Å². The van der Waals surface area contributed by atoms with Crippen molar-refractivity contribution in [1.82, 2.24) is 0 Å².